The number of H-pyrrole nitrogens is 1. The summed E-state index contributed by atoms with van der Waals surface area (Å²) in [6, 6.07) is 1.68. The molecule has 14 heavy (non-hydrogen) atoms. The number of aromatic amines is 1. The molecule has 0 fully saturated rings. The van der Waals surface area contributed by atoms with Crippen molar-refractivity contribution in [3.63, 3.8) is 0 Å². The number of aromatic nitrogens is 2. The fourth-order valence-corrected chi connectivity index (χ4v) is 1.65. The van der Waals surface area contributed by atoms with Crippen molar-refractivity contribution in [1.29, 1.82) is 0 Å². The summed E-state index contributed by atoms with van der Waals surface area (Å²) in [6.07, 6.45) is 3.40. The van der Waals surface area contributed by atoms with Crippen molar-refractivity contribution >= 4 is 32.8 Å². The second-order valence-corrected chi connectivity index (χ2v) is 3.60. The molecule has 0 radical (unpaired) electrons. The van der Waals surface area contributed by atoms with Crippen molar-refractivity contribution in [2.75, 3.05) is 7.11 Å². The standard InChI is InChI=1S/C9H7BrN2O2/c1-14-9(13)7-2-5-6(10)3-11-8(5)4-12-7/h2-4,11H,1H3. The van der Waals surface area contributed by atoms with Crippen molar-refractivity contribution < 1.29 is 9.53 Å². The van der Waals surface area contributed by atoms with Gasteiger partial charge in [0.15, 0.2) is 0 Å². The molecule has 0 atom stereocenters. The van der Waals surface area contributed by atoms with Crippen molar-refractivity contribution in [2.24, 2.45) is 0 Å². The molecule has 2 aromatic heterocycles. The van der Waals surface area contributed by atoms with E-state index in [0.29, 0.717) is 5.69 Å². The zero-order chi connectivity index (χ0) is 10.1. The average molecular weight is 255 g/mol. The van der Waals surface area contributed by atoms with Crippen molar-refractivity contribution in [3.05, 3.63) is 28.6 Å². The number of fused-ring (bicyclic) bond motifs is 1. The van der Waals surface area contributed by atoms with Crippen LogP contribution in [0.3, 0.4) is 0 Å². The van der Waals surface area contributed by atoms with Crippen LogP contribution in [0.4, 0.5) is 0 Å². The van der Waals surface area contributed by atoms with E-state index < -0.39 is 5.97 Å². The van der Waals surface area contributed by atoms with Gasteiger partial charge in [-0.25, -0.2) is 9.78 Å². The van der Waals surface area contributed by atoms with Gasteiger partial charge in [0.2, 0.25) is 0 Å². The van der Waals surface area contributed by atoms with Gasteiger partial charge in [0.1, 0.15) is 5.69 Å². The number of carbonyl (C=O) groups is 1. The Kier molecular flexibility index (Phi) is 2.25. The maximum absolute atomic E-state index is 11.2. The molecule has 4 nitrogen and oxygen atoms in total. The molecule has 2 heterocycles. The maximum atomic E-state index is 11.2. The van der Waals surface area contributed by atoms with Gasteiger partial charge in [0.25, 0.3) is 0 Å². The van der Waals surface area contributed by atoms with E-state index in [1.165, 1.54) is 7.11 Å². The molecule has 2 aromatic rings. The summed E-state index contributed by atoms with van der Waals surface area (Å²) in [7, 11) is 1.33. The lowest BCUT2D eigenvalue weighted by Gasteiger charge is -1.97. The van der Waals surface area contributed by atoms with Gasteiger partial charge in [0, 0.05) is 16.1 Å². The van der Waals surface area contributed by atoms with Crippen LogP contribution in [0.5, 0.6) is 0 Å². The fraction of sp³-hybridized carbons (Fsp3) is 0.111. The minimum atomic E-state index is -0.431. The minimum absolute atomic E-state index is 0.306. The van der Waals surface area contributed by atoms with E-state index in [-0.39, 0.29) is 0 Å². The molecule has 5 heteroatoms. The SMILES string of the molecule is COC(=O)c1cc2c(Br)c[nH]c2cn1. The highest BCUT2D eigenvalue weighted by atomic mass is 79.9. The van der Waals surface area contributed by atoms with E-state index >= 15 is 0 Å². The lowest BCUT2D eigenvalue weighted by molar-refractivity contribution is 0.0594. The predicted octanol–water partition coefficient (Wildman–Crippen LogP) is 2.11. The molecular formula is C9H7BrN2O2. The van der Waals surface area contributed by atoms with Crippen molar-refractivity contribution in [1.82, 2.24) is 9.97 Å². The van der Waals surface area contributed by atoms with Crippen LogP contribution in [0.2, 0.25) is 0 Å². The molecule has 0 amide bonds. The fourth-order valence-electron chi connectivity index (χ4n) is 1.20. The van der Waals surface area contributed by atoms with E-state index in [1.807, 2.05) is 0 Å². The Morgan fingerprint density at radius 3 is 3.14 bits per heavy atom. The summed E-state index contributed by atoms with van der Waals surface area (Å²) < 4.78 is 5.48. The third-order valence-corrected chi connectivity index (χ3v) is 2.57. The molecule has 0 aromatic carbocycles. The van der Waals surface area contributed by atoms with Crippen molar-refractivity contribution in [2.45, 2.75) is 0 Å². The third kappa shape index (κ3) is 1.39. The van der Waals surface area contributed by atoms with Gasteiger partial charge in [-0.2, -0.15) is 0 Å². The molecule has 2 rings (SSSR count). The summed E-state index contributed by atoms with van der Waals surface area (Å²) in [4.78, 5) is 18.2. The molecule has 0 unspecified atom stereocenters. The number of hydrogen-bond acceptors (Lipinski definition) is 3. The van der Waals surface area contributed by atoms with Crippen molar-refractivity contribution in [3.8, 4) is 0 Å². The summed E-state index contributed by atoms with van der Waals surface area (Å²) in [6.45, 7) is 0. The largest absolute Gasteiger partial charge is 0.464 e. The number of esters is 1. The van der Waals surface area contributed by atoms with Crippen LogP contribution in [0.15, 0.2) is 22.9 Å². The van der Waals surface area contributed by atoms with E-state index in [4.69, 9.17) is 0 Å². The molecule has 1 N–H and O–H groups in total. The lowest BCUT2D eigenvalue weighted by atomic mass is 10.2. The summed E-state index contributed by atoms with van der Waals surface area (Å²) in [5.74, 6) is -0.431. The first kappa shape index (κ1) is 9.21. The number of methoxy groups -OCH3 is 1. The molecule has 0 saturated heterocycles. The quantitative estimate of drug-likeness (QED) is 0.794. The second kappa shape index (κ2) is 3.42. The first-order chi connectivity index (χ1) is 6.72. The average Bonchev–Trinajstić information content (AvgIpc) is 2.59. The molecule has 72 valence electrons. The zero-order valence-electron chi connectivity index (χ0n) is 7.37. The highest BCUT2D eigenvalue weighted by molar-refractivity contribution is 9.10. The number of halogens is 1. The maximum Gasteiger partial charge on any atom is 0.356 e. The van der Waals surface area contributed by atoms with Gasteiger partial charge in [-0.05, 0) is 22.0 Å². The van der Waals surface area contributed by atoms with E-state index in [0.717, 1.165) is 15.4 Å². The predicted molar refractivity (Wildman–Crippen MR) is 55.1 cm³/mol. The van der Waals surface area contributed by atoms with Crippen LogP contribution >= 0.6 is 15.9 Å². The smallest absolute Gasteiger partial charge is 0.356 e. The van der Waals surface area contributed by atoms with Crippen LogP contribution in [0.1, 0.15) is 10.5 Å². The number of carbonyl (C=O) groups excluding carboxylic acids is 1. The van der Waals surface area contributed by atoms with Gasteiger partial charge >= 0.3 is 5.97 Å². The van der Waals surface area contributed by atoms with Gasteiger partial charge in [-0.15, -0.1) is 0 Å². The Balaban J connectivity index is 2.60. The van der Waals surface area contributed by atoms with Crippen LogP contribution in [-0.4, -0.2) is 23.0 Å². The number of rotatable bonds is 1. The Bertz CT molecular complexity index is 493. The van der Waals surface area contributed by atoms with Gasteiger partial charge < -0.3 is 9.72 Å². The molecule has 0 aliphatic carbocycles. The molecule has 0 spiro atoms. The number of ether oxygens (including phenoxy) is 1. The first-order valence-electron chi connectivity index (χ1n) is 3.93. The summed E-state index contributed by atoms with van der Waals surface area (Å²) >= 11 is 3.36. The molecule has 0 bridgehead atoms. The number of nitrogens with zero attached hydrogens (tertiary/aromatic N) is 1. The van der Waals surface area contributed by atoms with Crippen LogP contribution < -0.4 is 0 Å². The second-order valence-electron chi connectivity index (χ2n) is 2.74. The first-order valence-corrected chi connectivity index (χ1v) is 4.72. The molecule has 0 aliphatic rings. The Labute approximate surface area is 88.4 Å². The Hall–Kier alpha value is -1.36. The lowest BCUT2D eigenvalue weighted by Crippen LogP contribution is -2.03. The number of pyridine rings is 1. The molecular weight excluding hydrogens is 248 g/mol. The van der Waals surface area contributed by atoms with Gasteiger partial charge in [0.05, 0.1) is 18.8 Å². The third-order valence-electron chi connectivity index (χ3n) is 1.91. The Morgan fingerprint density at radius 1 is 1.64 bits per heavy atom. The monoisotopic (exact) mass is 254 g/mol. The normalized spacial score (nSPS) is 10.4. The highest BCUT2D eigenvalue weighted by Gasteiger charge is 2.09. The van der Waals surface area contributed by atoms with E-state index in [1.54, 1.807) is 18.5 Å². The number of hydrogen-bond donors (Lipinski definition) is 1. The zero-order valence-corrected chi connectivity index (χ0v) is 8.96. The van der Waals surface area contributed by atoms with Gasteiger partial charge in [-0.1, -0.05) is 0 Å². The Morgan fingerprint density at radius 2 is 2.43 bits per heavy atom. The molecule has 0 aliphatic heterocycles. The summed E-state index contributed by atoms with van der Waals surface area (Å²) in [5, 5.41) is 0.917. The topological polar surface area (TPSA) is 55.0 Å². The highest BCUT2D eigenvalue weighted by Crippen LogP contribution is 2.23. The van der Waals surface area contributed by atoms with Gasteiger partial charge in [-0.3, -0.25) is 0 Å². The number of nitrogens with one attached hydrogen (secondary N) is 1. The van der Waals surface area contributed by atoms with E-state index in [2.05, 4.69) is 30.6 Å². The molecule has 0 saturated carbocycles. The van der Waals surface area contributed by atoms with Crippen LogP contribution in [0.25, 0.3) is 10.9 Å². The summed E-state index contributed by atoms with van der Waals surface area (Å²) in [5.41, 5.74) is 1.19. The minimum Gasteiger partial charge on any atom is -0.464 e. The van der Waals surface area contributed by atoms with E-state index in [9.17, 15) is 4.79 Å². The van der Waals surface area contributed by atoms with Crippen LogP contribution in [-0.2, 0) is 4.74 Å². The van der Waals surface area contributed by atoms with Crippen LogP contribution in [0, 0.1) is 0 Å².